The van der Waals surface area contributed by atoms with Crippen LogP contribution in [0.4, 0.5) is 0 Å². The highest BCUT2D eigenvalue weighted by Gasteiger charge is 2.46. The van der Waals surface area contributed by atoms with E-state index in [4.69, 9.17) is 5.73 Å². The highest BCUT2D eigenvalue weighted by atomic mass is 32.1. The van der Waals surface area contributed by atoms with E-state index in [0.29, 0.717) is 17.4 Å². The number of rotatable bonds is 1. The topological polar surface area (TPSA) is 26.0 Å². The summed E-state index contributed by atoms with van der Waals surface area (Å²) >= 11 is 1.86. The Morgan fingerprint density at radius 1 is 1.58 bits per heavy atom. The highest BCUT2D eigenvalue weighted by Crippen LogP contribution is 2.52. The number of hydrogen-bond donors (Lipinski definition) is 1. The second-order valence-electron chi connectivity index (χ2n) is 4.23. The fourth-order valence-corrected chi connectivity index (χ4v) is 2.97. The van der Waals surface area contributed by atoms with Crippen LogP contribution < -0.4 is 5.73 Å². The average Bonchev–Trinajstić information content (AvgIpc) is 2.51. The summed E-state index contributed by atoms with van der Waals surface area (Å²) in [7, 11) is 0. The lowest BCUT2D eigenvalue weighted by Crippen LogP contribution is -2.52. The lowest BCUT2D eigenvalue weighted by atomic mass is 9.58. The van der Waals surface area contributed by atoms with Gasteiger partial charge in [0, 0.05) is 16.8 Å². The van der Waals surface area contributed by atoms with E-state index >= 15 is 0 Å². The molecule has 12 heavy (non-hydrogen) atoms. The summed E-state index contributed by atoms with van der Waals surface area (Å²) < 4.78 is 0. The minimum Gasteiger partial charge on any atom is -0.327 e. The third-order valence-electron chi connectivity index (χ3n) is 3.23. The molecule has 2 rings (SSSR count). The van der Waals surface area contributed by atoms with Crippen molar-refractivity contribution in [3.8, 4) is 0 Å². The zero-order valence-corrected chi connectivity index (χ0v) is 8.40. The van der Waals surface area contributed by atoms with Crippen LogP contribution in [0, 0.1) is 5.41 Å². The number of hydrogen-bond acceptors (Lipinski definition) is 2. The van der Waals surface area contributed by atoms with E-state index in [-0.39, 0.29) is 0 Å². The van der Waals surface area contributed by atoms with Crippen molar-refractivity contribution in [3.63, 3.8) is 0 Å². The van der Waals surface area contributed by atoms with Gasteiger partial charge in [0.25, 0.3) is 0 Å². The average molecular weight is 181 g/mol. The van der Waals surface area contributed by atoms with Crippen LogP contribution in [-0.4, -0.2) is 6.04 Å². The van der Waals surface area contributed by atoms with E-state index in [1.54, 1.807) is 0 Å². The van der Waals surface area contributed by atoms with E-state index in [1.165, 1.54) is 4.88 Å². The molecule has 0 saturated heterocycles. The van der Waals surface area contributed by atoms with Crippen molar-refractivity contribution in [1.29, 1.82) is 0 Å². The van der Waals surface area contributed by atoms with E-state index in [1.807, 2.05) is 11.3 Å². The maximum atomic E-state index is 5.96. The molecule has 1 aromatic rings. The van der Waals surface area contributed by atoms with E-state index in [0.717, 1.165) is 6.42 Å². The molecule has 1 saturated carbocycles. The third kappa shape index (κ3) is 1.02. The maximum absolute atomic E-state index is 5.96. The zero-order chi connectivity index (χ0) is 8.77. The summed E-state index contributed by atoms with van der Waals surface area (Å²) in [5, 5.41) is 2.15. The quantitative estimate of drug-likeness (QED) is 0.708. The second kappa shape index (κ2) is 2.57. The van der Waals surface area contributed by atoms with Crippen LogP contribution in [-0.2, 0) is 0 Å². The predicted molar refractivity (Wildman–Crippen MR) is 53.4 cm³/mol. The molecule has 1 fully saturated rings. The van der Waals surface area contributed by atoms with Gasteiger partial charge < -0.3 is 5.73 Å². The smallest absolute Gasteiger partial charge is 0.0103 e. The molecule has 2 unspecified atom stereocenters. The van der Waals surface area contributed by atoms with Crippen LogP contribution >= 0.6 is 11.3 Å². The fraction of sp³-hybridized carbons (Fsp3) is 0.600. The van der Waals surface area contributed by atoms with Crippen molar-refractivity contribution in [1.82, 2.24) is 0 Å². The van der Waals surface area contributed by atoms with E-state index in [2.05, 4.69) is 31.4 Å². The Labute approximate surface area is 77.6 Å². The van der Waals surface area contributed by atoms with Gasteiger partial charge in [0.1, 0.15) is 0 Å². The molecule has 1 aliphatic carbocycles. The van der Waals surface area contributed by atoms with Gasteiger partial charge >= 0.3 is 0 Å². The summed E-state index contributed by atoms with van der Waals surface area (Å²) in [6.45, 7) is 4.54. The van der Waals surface area contributed by atoms with Crippen LogP contribution in [0.3, 0.4) is 0 Å². The van der Waals surface area contributed by atoms with Gasteiger partial charge in [-0.05, 0) is 23.3 Å². The molecule has 0 radical (unpaired) electrons. The molecule has 0 aliphatic heterocycles. The van der Waals surface area contributed by atoms with Crippen LogP contribution in [0.1, 0.15) is 31.1 Å². The molecule has 2 heteroatoms. The summed E-state index contributed by atoms with van der Waals surface area (Å²) in [5.41, 5.74) is 6.27. The second-order valence-corrected chi connectivity index (χ2v) is 5.21. The molecule has 0 aromatic carbocycles. The third-order valence-corrected chi connectivity index (χ3v) is 4.22. The first-order chi connectivity index (χ1) is 5.62. The molecule has 0 amide bonds. The molecule has 66 valence electrons. The Bertz CT molecular complexity index is 263. The summed E-state index contributed by atoms with van der Waals surface area (Å²) in [5.74, 6) is 0.701. The Hall–Kier alpha value is -0.340. The van der Waals surface area contributed by atoms with Crippen molar-refractivity contribution in [2.75, 3.05) is 0 Å². The van der Waals surface area contributed by atoms with Gasteiger partial charge in [-0.1, -0.05) is 19.9 Å². The molecule has 1 aromatic heterocycles. The monoisotopic (exact) mass is 181 g/mol. The van der Waals surface area contributed by atoms with E-state index in [9.17, 15) is 0 Å². The Balaban J connectivity index is 2.19. The van der Waals surface area contributed by atoms with Crippen molar-refractivity contribution < 1.29 is 0 Å². The van der Waals surface area contributed by atoms with Gasteiger partial charge in [-0.2, -0.15) is 0 Å². The van der Waals surface area contributed by atoms with Gasteiger partial charge in [-0.3, -0.25) is 0 Å². The van der Waals surface area contributed by atoms with E-state index < -0.39 is 0 Å². The van der Waals surface area contributed by atoms with Crippen LogP contribution in [0.15, 0.2) is 17.5 Å². The number of thiophene rings is 1. The molecule has 0 bridgehead atoms. The first kappa shape index (κ1) is 8.27. The van der Waals surface area contributed by atoms with Gasteiger partial charge in [0.2, 0.25) is 0 Å². The molecule has 1 aliphatic rings. The highest BCUT2D eigenvalue weighted by molar-refractivity contribution is 7.10. The normalized spacial score (nSPS) is 32.9. The number of nitrogens with two attached hydrogens (primary N) is 1. The molecular formula is C10H15NS. The Morgan fingerprint density at radius 3 is 2.75 bits per heavy atom. The van der Waals surface area contributed by atoms with Crippen LogP contribution in [0.25, 0.3) is 0 Å². The molecule has 1 heterocycles. The van der Waals surface area contributed by atoms with Crippen LogP contribution in [0.5, 0.6) is 0 Å². The van der Waals surface area contributed by atoms with Gasteiger partial charge in [0.15, 0.2) is 0 Å². The SMILES string of the molecule is CC1(C)C(N)CC1c1cccs1. The summed E-state index contributed by atoms with van der Waals surface area (Å²) in [6, 6.07) is 4.74. The Kier molecular flexibility index (Phi) is 1.77. The lowest BCUT2D eigenvalue weighted by Gasteiger charge is -2.50. The molecule has 2 atom stereocenters. The summed E-state index contributed by atoms with van der Waals surface area (Å²) in [6.07, 6.45) is 1.16. The zero-order valence-electron chi connectivity index (χ0n) is 7.58. The molecule has 2 N–H and O–H groups in total. The van der Waals surface area contributed by atoms with Crippen molar-refractivity contribution >= 4 is 11.3 Å². The van der Waals surface area contributed by atoms with Crippen molar-refractivity contribution in [3.05, 3.63) is 22.4 Å². The first-order valence-corrected chi connectivity index (χ1v) is 5.29. The predicted octanol–water partition coefficient (Wildman–Crippen LogP) is 2.59. The Morgan fingerprint density at radius 2 is 2.33 bits per heavy atom. The van der Waals surface area contributed by atoms with Gasteiger partial charge in [-0.15, -0.1) is 11.3 Å². The van der Waals surface area contributed by atoms with Crippen molar-refractivity contribution in [2.24, 2.45) is 11.1 Å². The lowest BCUT2D eigenvalue weighted by molar-refractivity contribution is 0.101. The summed E-state index contributed by atoms with van der Waals surface area (Å²) in [4.78, 5) is 1.50. The standard InChI is InChI=1S/C10H15NS/c1-10(2)7(6-9(10)11)8-4-3-5-12-8/h3-5,7,9H,6,11H2,1-2H3. The molecular weight excluding hydrogens is 166 g/mol. The maximum Gasteiger partial charge on any atom is 0.0103 e. The molecule has 0 spiro atoms. The first-order valence-electron chi connectivity index (χ1n) is 4.41. The van der Waals surface area contributed by atoms with Gasteiger partial charge in [0.05, 0.1) is 0 Å². The van der Waals surface area contributed by atoms with Crippen molar-refractivity contribution in [2.45, 2.75) is 32.2 Å². The minimum atomic E-state index is 0.310. The minimum absolute atomic E-state index is 0.310. The largest absolute Gasteiger partial charge is 0.327 e. The fourth-order valence-electron chi connectivity index (χ4n) is 1.93. The molecule has 1 nitrogen and oxygen atoms in total. The van der Waals surface area contributed by atoms with Gasteiger partial charge in [-0.25, -0.2) is 0 Å². The van der Waals surface area contributed by atoms with Crippen LogP contribution in [0.2, 0.25) is 0 Å².